The first-order valence-electron chi connectivity index (χ1n) is 5.44. The standard InChI is InChI=1S/C13H19Cl/c1-4-5-7-12-11(10(2)3)8-6-9-13(12)14/h6,8-10H,4-5,7H2,1-3H3. The van der Waals surface area contributed by atoms with E-state index in [0.29, 0.717) is 5.92 Å². The lowest BCUT2D eigenvalue weighted by Gasteiger charge is -2.13. The summed E-state index contributed by atoms with van der Waals surface area (Å²) in [4.78, 5) is 0. The summed E-state index contributed by atoms with van der Waals surface area (Å²) >= 11 is 6.21. The van der Waals surface area contributed by atoms with E-state index in [1.807, 2.05) is 12.1 Å². The molecule has 0 radical (unpaired) electrons. The molecule has 0 unspecified atom stereocenters. The van der Waals surface area contributed by atoms with E-state index in [1.54, 1.807) is 0 Å². The van der Waals surface area contributed by atoms with Crippen LogP contribution in [0.5, 0.6) is 0 Å². The monoisotopic (exact) mass is 210 g/mol. The lowest BCUT2D eigenvalue weighted by Crippen LogP contribution is -1.97. The minimum atomic E-state index is 0.570. The van der Waals surface area contributed by atoms with E-state index in [9.17, 15) is 0 Å². The summed E-state index contributed by atoms with van der Waals surface area (Å²) in [5.74, 6) is 0.570. The first-order chi connectivity index (χ1) is 6.66. The molecule has 0 saturated heterocycles. The molecule has 0 heterocycles. The summed E-state index contributed by atoms with van der Waals surface area (Å²) < 4.78 is 0. The van der Waals surface area contributed by atoms with Crippen molar-refractivity contribution in [3.8, 4) is 0 Å². The maximum atomic E-state index is 6.21. The lowest BCUT2D eigenvalue weighted by molar-refractivity contribution is 0.767. The molecule has 0 aromatic heterocycles. The highest BCUT2D eigenvalue weighted by atomic mass is 35.5. The predicted molar refractivity (Wildman–Crippen MR) is 64.2 cm³/mol. The molecule has 0 spiro atoms. The lowest BCUT2D eigenvalue weighted by atomic mass is 9.94. The zero-order valence-electron chi connectivity index (χ0n) is 9.31. The van der Waals surface area contributed by atoms with Crippen molar-refractivity contribution >= 4 is 11.6 Å². The maximum absolute atomic E-state index is 6.21. The van der Waals surface area contributed by atoms with Crippen LogP contribution >= 0.6 is 11.6 Å². The minimum Gasteiger partial charge on any atom is -0.0840 e. The van der Waals surface area contributed by atoms with Gasteiger partial charge in [0.05, 0.1) is 0 Å². The second-order valence-corrected chi connectivity index (χ2v) is 4.47. The van der Waals surface area contributed by atoms with Gasteiger partial charge in [0.25, 0.3) is 0 Å². The highest BCUT2D eigenvalue weighted by Crippen LogP contribution is 2.27. The van der Waals surface area contributed by atoms with Gasteiger partial charge in [-0.1, -0.05) is 50.9 Å². The number of halogens is 1. The van der Waals surface area contributed by atoms with E-state index in [0.717, 1.165) is 11.4 Å². The molecule has 0 saturated carbocycles. The van der Waals surface area contributed by atoms with Crippen molar-refractivity contribution < 1.29 is 0 Å². The minimum absolute atomic E-state index is 0.570. The zero-order chi connectivity index (χ0) is 10.6. The molecule has 1 aromatic carbocycles. The van der Waals surface area contributed by atoms with E-state index in [2.05, 4.69) is 26.8 Å². The Bertz CT molecular complexity index is 289. The van der Waals surface area contributed by atoms with Crippen molar-refractivity contribution in [1.82, 2.24) is 0 Å². The van der Waals surface area contributed by atoms with E-state index in [-0.39, 0.29) is 0 Å². The van der Waals surface area contributed by atoms with Crippen LogP contribution in [0.4, 0.5) is 0 Å². The van der Waals surface area contributed by atoms with Gasteiger partial charge in [-0.2, -0.15) is 0 Å². The SMILES string of the molecule is CCCCc1c(Cl)cccc1C(C)C. The first kappa shape index (κ1) is 11.6. The number of rotatable bonds is 4. The molecule has 14 heavy (non-hydrogen) atoms. The van der Waals surface area contributed by atoms with Crippen molar-refractivity contribution in [2.75, 3.05) is 0 Å². The molecule has 0 aliphatic rings. The third kappa shape index (κ3) is 2.75. The quantitative estimate of drug-likeness (QED) is 0.670. The highest BCUT2D eigenvalue weighted by Gasteiger charge is 2.08. The van der Waals surface area contributed by atoms with E-state index in [1.165, 1.54) is 24.0 Å². The van der Waals surface area contributed by atoms with Gasteiger partial charge in [-0.3, -0.25) is 0 Å². The van der Waals surface area contributed by atoms with E-state index < -0.39 is 0 Å². The number of hydrogen-bond acceptors (Lipinski definition) is 0. The van der Waals surface area contributed by atoms with E-state index in [4.69, 9.17) is 11.6 Å². The fourth-order valence-corrected chi connectivity index (χ4v) is 2.01. The average Bonchev–Trinajstić information content (AvgIpc) is 2.15. The number of unbranched alkanes of at least 4 members (excludes halogenated alkanes) is 1. The summed E-state index contributed by atoms with van der Waals surface area (Å²) in [6.07, 6.45) is 3.57. The van der Waals surface area contributed by atoms with Crippen LogP contribution in [0.2, 0.25) is 5.02 Å². The zero-order valence-corrected chi connectivity index (χ0v) is 10.1. The summed E-state index contributed by atoms with van der Waals surface area (Å²) in [5.41, 5.74) is 2.76. The summed E-state index contributed by atoms with van der Waals surface area (Å²) in [5, 5.41) is 0.935. The van der Waals surface area contributed by atoms with Crippen LogP contribution in [0.15, 0.2) is 18.2 Å². The average molecular weight is 211 g/mol. The first-order valence-corrected chi connectivity index (χ1v) is 5.81. The van der Waals surface area contributed by atoms with E-state index >= 15 is 0 Å². The molecule has 1 rings (SSSR count). The van der Waals surface area contributed by atoms with Crippen molar-refractivity contribution in [3.63, 3.8) is 0 Å². The van der Waals surface area contributed by atoms with Crippen molar-refractivity contribution in [2.24, 2.45) is 0 Å². The highest BCUT2D eigenvalue weighted by molar-refractivity contribution is 6.31. The smallest absolute Gasteiger partial charge is 0.0440 e. The Balaban J connectivity index is 2.96. The Morgan fingerprint density at radius 3 is 2.57 bits per heavy atom. The van der Waals surface area contributed by atoms with Gasteiger partial charge in [0.15, 0.2) is 0 Å². The van der Waals surface area contributed by atoms with Gasteiger partial charge in [0.1, 0.15) is 0 Å². The molecule has 0 bridgehead atoms. The van der Waals surface area contributed by atoms with Gasteiger partial charge in [-0.05, 0) is 36.0 Å². The van der Waals surface area contributed by atoms with Gasteiger partial charge in [0.2, 0.25) is 0 Å². The maximum Gasteiger partial charge on any atom is 0.0440 e. The van der Waals surface area contributed by atoms with Crippen LogP contribution < -0.4 is 0 Å². The molecule has 0 aliphatic heterocycles. The van der Waals surface area contributed by atoms with Gasteiger partial charge in [-0.15, -0.1) is 0 Å². The van der Waals surface area contributed by atoms with Crippen molar-refractivity contribution in [1.29, 1.82) is 0 Å². The molecule has 0 amide bonds. The van der Waals surface area contributed by atoms with Crippen LogP contribution in [0.3, 0.4) is 0 Å². The predicted octanol–water partition coefficient (Wildman–Crippen LogP) is 4.81. The van der Waals surface area contributed by atoms with Crippen LogP contribution in [0, 0.1) is 0 Å². The number of hydrogen-bond donors (Lipinski definition) is 0. The van der Waals surface area contributed by atoms with Gasteiger partial charge < -0.3 is 0 Å². The normalized spacial score (nSPS) is 10.9. The largest absolute Gasteiger partial charge is 0.0840 e. The van der Waals surface area contributed by atoms with Gasteiger partial charge in [-0.25, -0.2) is 0 Å². The third-order valence-corrected chi connectivity index (χ3v) is 2.91. The Kier molecular flexibility index (Phi) is 4.47. The Hall–Kier alpha value is -0.490. The van der Waals surface area contributed by atoms with Gasteiger partial charge in [0, 0.05) is 5.02 Å². The molecule has 78 valence electrons. The Labute approximate surface area is 92.3 Å². The second kappa shape index (κ2) is 5.41. The van der Waals surface area contributed by atoms with Crippen molar-refractivity contribution in [2.45, 2.75) is 46.0 Å². The van der Waals surface area contributed by atoms with Crippen LogP contribution in [0.1, 0.15) is 50.7 Å². The molecule has 1 heteroatoms. The van der Waals surface area contributed by atoms with Crippen LogP contribution in [-0.2, 0) is 6.42 Å². The Morgan fingerprint density at radius 2 is 2.00 bits per heavy atom. The molecule has 0 aliphatic carbocycles. The summed E-state index contributed by atoms with van der Waals surface area (Å²) in [6.45, 7) is 6.66. The second-order valence-electron chi connectivity index (χ2n) is 4.07. The third-order valence-electron chi connectivity index (χ3n) is 2.56. The fourth-order valence-electron chi connectivity index (χ4n) is 1.73. The molecule has 0 nitrogen and oxygen atoms in total. The molecular weight excluding hydrogens is 192 g/mol. The van der Waals surface area contributed by atoms with Crippen LogP contribution in [-0.4, -0.2) is 0 Å². The molecule has 0 atom stereocenters. The summed E-state index contributed by atoms with van der Waals surface area (Å²) in [6, 6.07) is 6.24. The molecule has 0 fully saturated rings. The molecule has 1 aromatic rings. The molecular formula is C13H19Cl. The fraction of sp³-hybridized carbons (Fsp3) is 0.538. The summed E-state index contributed by atoms with van der Waals surface area (Å²) in [7, 11) is 0. The van der Waals surface area contributed by atoms with Gasteiger partial charge >= 0.3 is 0 Å². The topological polar surface area (TPSA) is 0 Å². The molecule has 0 N–H and O–H groups in total. The Morgan fingerprint density at radius 1 is 1.29 bits per heavy atom. The van der Waals surface area contributed by atoms with Crippen LogP contribution in [0.25, 0.3) is 0 Å². The van der Waals surface area contributed by atoms with Crippen molar-refractivity contribution in [3.05, 3.63) is 34.3 Å². The number of benzene rings is 1.